The molecule has 0 spiro atoms. The molecule has 0 saturated carbocycles. The Kier molecular flexibility index (Phi) is 5.48. The standard InChI is InChI=1S/C26H24FN3O/c1-16-5-6-17(2)21(11-16)14-30-19(4)18(3)24-12-23(13-28)29-26(25(24)30)31-15-20-7-9-22(27)10-8-20/h5-12H,14-15H2,1-4H3. The van der Waals surface area contributed by atoms with E-state index in [0.717, 1.165) is 27.7 Å². The molecule has 4 nitrogen and oxygen atoms in total. The van der Waals surface area contributed by atoms with Crippen LogP contribution in [0.1, 0.15) is 39.2 Å². The monoisotopic (exact) mass is 413 g/mol. The maximum absolute atomic E-state index is 13.2. The molecule has 31 heavy (non-hydrogen) atoms. The third-order valence-electron chi connectivity index (χ3n) is 5.82. The van der Waals surface area contributed by atoms with Gasteiger partial charge in [0.2, 0.25) is 5.88 Å². The number of aryl methyl sites for hydroxylation is 3. The Morgan fingerprint density at radius 3 is 2.48 bits per heavy atom. The lowest BCUT2D eigenvalue weighted by molar-refractivity contribution is 0.296. The van der Waals surface area contributed by atoms with Crippen LogP contribution >= 0.6 is 0 Å². The van der Waals surface area contributed by atoms with Crippen molar-refractivity contribution in [1.82, 2.24) is 9.55 Å². The highest BCUT2D eigenvalue weighted by atomic mass is 19.1. The van der Waals surface area contributed by atoms with Gasteiger partial charge in [-0.25, -0.2) is 9.37 Å². The largest absolute Gasteiger partial charge is 0.471 e. The summed E-state index contributed by atoms with van der Waals surface area (Å²) in [5.74, 6) is 0.129. The van der Waals surface area contributed by atoms with E-state index in [2.05, 4.69) is 61.5 Å². The van der Waals surface area contributed by atoms with Crippen LogP contribution < -0.4 is 4.74 Å². The van der Waals surface area contributed by atoms with Crippen LogP contribution in [-0.4, -0.2) is 9.55 Å². The first-order chi connectivity index (χ1) is 14.9. The lowest BCUT2D eigenvalue weighted by Crippen LogP contribution is -2.07. The van der Waals surface area contributed by atoms with Gasteiger partial charge in [0.1, 0.15) is 29.7 Å². The van der Waals surface area contributed by atoms with Gasteiger partial charge in [0.25, 0.3) is 0 Å². The smallest absolute Gasteiger partial charge is 0.240 e. The zero-order chi connectivity index (χ0) is 22.1. The molecule has 0 aliphatic rings. The lowest BCUT2D eigenvalue weighted by Gasteiger charge is -2.14. The zero-order valence-corrected chi connectivity index (χ0v) is 18.2. The summed E-state index contributed by atoms with van der Waals surface area (Å²) in [7, 11) is 0. The van der Waals surface area contributed by atoms with E-state index < -0.39 is 0 Å². The second-order valence-electron chi connectivity index (χ2n) is 7.96. The summed E-state index contributed by atoms with van der Waals surface area (Å²) in [6.07, 6.45) is 0. The van der Waals surface area contributed by atoms with Crippen molar-refractivity contribution >= 4 is 10.9 Å². The second-order valence-corrected chi connectivity index (χ2v) is 7.96. The van der Waals surface area contributed by atoms with Crippen LogP contribution in [0.5, 0.6) is 5.88 Å². The zero-order valence-electron chi connectivity index (χ0n) is 18.2. The molecule has 2 heterocycles. The second kappa shape index (κ2) is 8.23. The van der Waals surface area contributed by atoms with Crippen molar-refractivity contribution in [3.8, 4) is 11.9 Å². The highest BCUT2D eigenvalue weighted by molar-refractivity contribution is 5.90. The van der Waals surface area contributed by atoms with Gasteiger partial charge in [0, 0.05) is 17.6 Å². The fourth-order valence-electron chi connectivity index (χ4n) is 3.86. The number of halogens is 1. The highest BCUT2D eigenvalue weighted by Gasteiger charge is 2.19. The minimum absolute atomic E-state index is 0.240. The molecule has 0 N–H and O–H groups in total. The molecule has 0 aliphatic carbocycles. The minimum atomic E-state index is -0.288. The van der Waals surface area contributed by atoms with Crippen LogP contribution in [0, 0.1) is 44.8 Å². The fourth-order valence-corrected chi connectivity index (χ4v) is 3.86. The van der Waals surface area contributed by atoms with Crippen LogP contribution in [0.15, 0.2) is 48.5 Å². The molecule has 0 aliphatic heterocycles. The van der Waals surface area contributed by atoms with E-state index in [1.54, 1.807) is 12.1 Å². The Labute approximate surface area is 181 Å². The number of hydrogen-bond acceptors (Lipinski definition) is 3. The van der Waals surface area contributed by atoms with Crippen molar-refractivity contribution in [2.75, 3.05) is 0 Å². The predicted octanol–water partition coefficient (Wildman–Crippen LogP) is 5.91. The molecule has 2 aromatic heterocycles. The molecule has 0 unspecified atom stereocenters. The van der Waals surface area contributed by atoms with Crippen molar-refractivity contribution in [2.24, 2.45) is 0 Å². The molecule has 5 heteroatoms. The molecule has 0 radical (unpaired) electrons. The number of ether oxygens (including phenoxy) is 1. The molecule has 0 saturated heterocycles. The summed E-state index contributed by atoms with van der Waals surface area (Å²) in [4.78, 5) is 4.47. The third kappa shape index (κ3) is 4.02. The Morgan fingerprint density at radius 2 is 1.77 bits per heavy atom. The normalized spacial score (nSPS) is 11.0. The first-order valence-corrected chi connectivity index (χ1v) is 10.2. The molecule has 0 bridgehead atoms. The SMILES string of the molecule is Cc1ccc(C)c(Cn2c(C)c(C)c3cc(C#N)nc(OCc4ccc(F)cc4)c32)c1. The van der Waals surface area contributed by atoms with Gasteiger partial charge in [-0.2, -0.15) is 5.26 Å². The topological polar surface area (TPSA) is 50.8 Å². The first-order valence-electron chi connectivity index (χ1n) is 10.2. The number of benzene rings is 2. The van der Waals surface area contributed by atoms with Crippen molar-refractivity contribution < 1.29 is 9.13 Å². The highest BCUT2D eigenvalue weighted by Crippen LogP contribution is 2.33. The molecule has 0 amide bonds. The molecule has 4 aromatic rings. The van der Waals surface area contributed by atoms with Crippen LogP contribution in [0.25, 0.3) is 10.9 Å². The Morgan fingerprint density at radius 1 is 1.03 bits per heavy atom. The number of hydrogen-bond donors (Lipinski definition) is 0. The van der Waals surface area contributed by atoms with E-state index in [-0.39, 0.29) is 12.4 Å². The number of nitrogens with zero attached hydrogens (tertiary/aromatic N) is 3. The summed E-state index contributed by atoms with van der Waals surface area (Å²) in [5.41, 5.74) is 7.90. The maximum atomic E-state index is 13.2. The van der Waals surface area contributed by atoms with E-state index in [1.807, 2.05) is 6.07 Å². The summed E-state index contributed by atoms with van der Waals surface area (Å²) in [5, 5.41) is 10.5. The predicted molar refractivity (Wildman–Crippen MR) is 120 cm³/mol. The molecule has 4 rings (SSSR count). The molecular formula is C26H24FN3O. The molecular weight excluding hydrogens is 389 g/mol. The van der Waals surface area contributed by atoms with Gasteiger partial charge in [0.05, 0.1) is 0 Å². The van der Waals surface area contributed by atoms with Gasteiger partial charge in [-0.1, -0.05) is 35.9 Å². The molecule has 2 aromatic carbocycles. The van der Waals surface area contributed by atoms with Crippen LogP contribution in [0.3, 0.4) is 0 Å². The van der Waals surface area contributed by atoms with Crippen LogP contribution in [0.4, 0.5) is 4.39 Å². The number of aromatic nitrogens is 2. The van der Waals surface area contributed by atoms with Gasteiger partial charge in [-0.15, -0.1) is 0 Å². The number of fused-ring (bicyclic) bond motifs is 1. The Balaban J connectivity index is 1.82. The first kappa shape index (κ1) is 20.6. The van der Waals surface area contributed by atoms with Crippen LogP contribution in [-0.2, 0) is 13.2 Å². The molecule has 156 valence electrons. The fraction of sp³-hybridized carbons (Fsp3) is 0.231. The van der Waals surface area contributed by atoms with Gasteiger partial charge >= 0.3 is 0 Å². The summed E-state index contributed by atoms with van der Waals surface area (Å²) < 4.78 is 21.5. The third-order valence-corrected chi connectivity index (χ3v) is 5.82. The average Bonchev–Trinajstić information content (AvgIpc) is 3.00. The summed E-state index contributed by atoms with van der Waals surface area (Å²) in [6.45, 7) is 9.26. The van der Waals surface area contributed by atoms with Gasteiger partial charge in [-0.3, -0.25) is 0 Å². The van der Waals surface area contributed by atoms with Crippen molar-refractivity contribution in [3.63, 3.8) is 0 Å². The van der Waals surface area contributed by atoms with Gasteiger partial charge < -0.3 is 9.30 Å². The number of pyridine rings is 1. The summed E-state index contributed by atoms with van der Waals surface area (Å²) >= 11 is 0. The van der Waals surface area contributed by atoms with E-state index >= 15 is 0 Å². The number of rotatable bonds is 5. The van der Waals surface area contributed by atoms with E-state index in [0.29, 0.717) is 18.1 Å². The molecule has 0 fully saturated rings. The van der Waals surface area contributed by atoms with Gasteiger partial charge in [0.15, 0.2) is 0 Å². The number of nitriles is 1. The van der Waals surface area contributed by atoms with E-state index in [9.17, 15) is 9.65 Å². The average molecular weight is 413 g/mol. The van der Waals surface area contributed by atoms with Crippen molar-refractivity contribution in [3.05, 3.63) is 93.6 Å². The van der Waals surface area contributed by atoms with Crippen molar-refractivity contribution in [1.29, 1.82) is 5.26 Å². The summed E-state index contributed by atoms with van der Waals surface area (Å²) in [6, 6.07) is 16.6. The quantitative estimate of drug-likeness (QED) is 0.409. The van der Waals surface area contributed by atoms with Crippen molar-refractivity contribution in [2.45, 2.75) is 40.8 Å². The van der Waals surface area contributed by atoms with E-state index in [1.165, 1.54) is 28.8 Å². The maximum Gasteiger partial charge on any atom is 0.240 e. The molecule has 0 atom stereocenters. The Hall–Kier alpha value is -3.65. The van der Waals surface area contributed by atoms with Gasteiger partial charge in [-0.05, 0) is 68.1 Å². The Bertz CT molecular complexity index is 1310. The van der Waals surface area contributed by atoms with Crippen LogP contribution in [0.2, 0.25) is 0 Å². The lowest BCUT2D eigenvalue weighted by atomic mass is 10.1. The minimum Gasteiger partial charge on any atom is -0.471 e. The van der Waals surface area contributed by atoms with E-state index in [4.69, 9.17) is 4.74 Å².